The van der Waals surface area contributed by atoms with Crippen molar-refractivity contribution in [3.05, 3.63) is 69.8 Å². The molecule has 2 rings (SSSR count). The van der Waals surface area contributed by atoms with Crippen LogP contribution in [-0.2, 0) is 9.53 Å². The predicted molar refractivity (Wildman–Crippen MR) is 100 cm³/mol. The van der Waals surface area contributed by atoms with E-state index in [9.17, 15) is 9.59 Å². The Morgan fingerprint density at radius 1 is 0.960 bits per heavy atom. The molecule has 0 heterocycles. The van der Waals surface area contributed by atoms with Crippen molar-refractivity contribution in [2.24, 2.45) is 0 Å². The maximum atomic E-state index is 13.4. The number of aryl methyl sites for hydroxylation is 2. The lowest BCUT2D eigenvalue weighted by atomic mass is 9.84. The van der Waals surface area contributed by atoms with Crippen molar-refractivity contribution in [1.82, 2.24) is 0 Å². The van der Waals surface area contributed by atoms with Crippen molar-refractivity contribution in [1.29, 1.82) is 0 Å². The van der Waals surface area contributed by atoms with Crippen LogP contribution in [0.2, 0.25) is 0 Å². The van der Waals surface area contributed by atoms with Gasteiger partial charge in [0.15, 0.2) is 5.78 Å². The highest BCUT2D eigenvalue weighted by Crippen LogP contribution is 2.29. The van der Waals surface area contributed by atoms with E-state index in [1.807, 2.05) is 71.0 Å². The van der Waals surface area contributed by atoms with E-state index in [4.69, 9.17) is 4.74 Å². The van der Waals surface area contributed by atoms with Crippen molar-refractivity contribution in [2.45, 2.75) is 47.0 Å². The van der Waals surface area contributed by atoms with Gasteiger partial charge in [-0.05, 0) is 61.9 Å². The summed E-state index contributed by atoms with van der Waals surface area (Å²) in [6, 6.07) is 11.2. The summed E-state index contributed by atoms with van der Waals surface area (Å²) in [6.07, 6.45) is 0.725. The molecule has 2 aromatic carbocycles. The van der Waals surface area contributed by atoms with Crippen LogP contribution in [0.1, 0.15) is 57.4 Å². The highest BCUT2D eigenvalue weighted by Gasteiger charge is 2.32. The van der Waals surface area contributed by atoms with E-state index < -0.39 is 11.9 Å². The Morgan fingerprint density at radius 3 is 2.20 bits per heavy atom. The Labute approximate surface area is 150 Å². The minimum absolute atomic E-state index is 0.189. The Kier molecular flexibility index (Phi) is 6.13. The first-order chi connectivity index (χ1) is 11.9. The summed E-state index contributed by atoms with van der Waals surface area (Å²) in [5.41, 5.74) is 5.37. The van der Waals surface area contributed by atoms with Crippen LogP contribution in [0.3, 0.4) is 0 Å². The van der Waals surface area contributed by atoms with Crippen LogP contribution in [0.25, 0.3) is 0 Å². The van der Waals surface area contributed by atoms with Gasteiger partial charge in [-0.3, -0.25) is 9.59 Å². The Hall–Kier alpha value is -2.42. The largest absolute Gasteiger partial charge is 0.465 e. The van der Waals surface area contributed by atoms with Crippen LogP contribution in [0.5, 0.6) is 0 Å². The van der Waals surface area contributed by atoms with E-state index in [1.54, 1.807) is 0 Å². The Morgan fingerprint density at radius 2 is 1.60 bits per heavy atom. The van der Waals surface area contributed by atoms with Crippen molar-refractivity contribution >= 4 is 11.8 Å². The first-order valence-corrected chi connectivity index (χ1v) is 8.71. The third kappa shape index (κ3) is 3.98. The number of hydrogen-bond acceptors (Lipinski definition) is 3. The molecule has 0 aliphatic rings. The number of carbonyl (C=O) groups excluding carboxylic acids is 2. The lowest BCUT2D eigenvalue weighted by molar-refractivity contribution is -0.144. The highest BCUT2D eigenvalue weighted by atomic mass is 16.5. The zero-order chi connectivity index (χ0) is 18.6. The van der Waals surface area contributed by atoms with E-state index >= 15 is 0 Å². The van der Waals surface area contributed by atoms with Gasteiger partial charge in [0.05, 0.1) is 6.61 Å². The molecule has 1 unspecified atom stereocenters. The molecule has 0 aliphatic heterocycles. The molecular formula is C22H26O3. The number of ether oxygens (including phenoxy) is 1. The summed E-state index contributed by atoms with van der Waals surface area (Å²) in [5.74, 6) is -1.59. The SMILES string of the molecule is CCCOC(=O)C(C(=O)c1c(C)cc(C)c(C)c1C)c1ccccc1. The molecule has 0 amide bonds. The molecule has 0 aromatic heterocycles. The van der Waals surface area contributed by atoms with Crippen LogP contribution >= 0.6 is 0 Å². The number of rotatable bonds is 6. The zero-order valence-corrected chi connectivity index (χ0v) is 15.7. The lowest BCUT2D eigenvalue weighted by Crippen LogP contribution is -2.26. The molecule has 3 heteroatoms. The van der Waals surface area contributed by atoms with Gasteiger partial charge in [0.1, 0.15) is 5.92 Å². The van der Waals surface area contributed by atoms with Crippen LogP contribution < -0.4 is 0 Å². The number of hydrogen-bond donors (Lipinski definition) is 0. The number of carbonyl (C=O) groups is 2. The molecule has 3 nitrogen and oxygen atoms in total. The van der Waals surface area contributed by atoms with E-state index in [0.717, 1.165) is 28.7 Å². The smallest absolute Gasteiger partial charge is 0.321 e. The van der Waals surface area contributed by atoms with E-state index in [-0.39, 0.29) is 5.78 Å². The first-order valence-electron chi connectivity index (χ1n) is 8.71. The fraction of sp³-hybridized carbons (Fsp3) is 0.364. The van der Waals surface area contributed by atoms with Gasteiger partial charge in [0, 0.05) is 5.56 Å². The molecule has 132 valence electrons. The summed E-state index contributed by atoms with van der Waals surface area (Å²) in [7, 11) is 0. The first kappa shape index (κ1) is 18.9. The van der Waals surface area contributed by atoms with Gasteiger partial charge in [-0.1, -0.05) is 43.3 Å². The fourth-order valence-electron chi connectivity index (χ4n) is 3.13. The Balaban J connectivity index is 2.53. The molecular weight excluding hydrogens is 312 g/mol. The van der Waals surface area contributed by atoms with Crippen molar-refractivity contribution in [3.63, 3.8) is 0 Å². The average molecular weight is 338 g/mol. The van der Waals surface area contributed by atoms with Gasteiger partial charge in [0.25, 0.3) is 0 Å². The Bertz CT molecular complexity index is 776. The maximum absolute atomic E-state index is 13.4. The zero-order valence-electron chi connectivity index (χ0n) is 15.7. The minimum atomic E-state index is -0.924. The van der Waals surface area contributed by atoms with E-state index in [1.165, 1.54) is 0 Å². The van der Waals surface area contributed by atoms with E-state index in [0.29, 0.717) is 17.7 Å². The van der Waals surface area contributed by atoms with Crippen molar-refractivity contribution in [3.8, 4) is 0 Å². The number of benzene rings is 2. The number of ketones is 1. The molecule has 2 aromatic rings. The summed E-state index contributed by atoms with van der Waals surface area (Å²) in [6.45, 7) is 10.2. The summed E-state index contributed by atoms with van der Waals surface area (Å²) >= 11 is 0. The molecule has 0 radical (unpaired) electrons. The normalized spacial score (nSPS) is 11.9. The molecule has 0 N–H and O–H groups in total. The number of Topliss-reactive ketones (excluding diaryl/α,β-unsaturated/α-hetero) is 1. The maximum Gasteiger partial charge on any atom is 0.321 e. The molecule has 1 atom stereocenters. The van der Waals surface area contributed by atoms with Gasteiger partial charge in [-0.25, -0.2) is 0 Å². The third-order valence-corrected chi connectivity index (χ3v) is 4.68. The second-order valence-corrected chi connectivity index (χ2v) is 6.51. The van der Waals surface area contributed by atoms with E-state index in [2.05, 4.69) is 0 Å². The summed E-state index contributed by atoms with van der Waals surface area (Å²) in [4.78, 5) is 26.0. The highest BCUT2D eigenvalue weighted by molar-refractivity contribution is 6.14. The monoisotopic (exact) mass is 338 g/mol. The molecule has 0 saturated heterocycles. The topological polar surface area (TPSA) is 43.4 Å². The standard InChI is InChI=1S/C22H26O3/c1-6-12-25-22(24)20(18-10-8-7-9-11-18)21(23)19-15(3)13-14(2)16(4)17(19)5/h7-11,13,20H,6,12H2,1-5H3. The van der Waals surface area contributed by atoms with Gasteiger partial charge >= 0.3 is 5.97 Å². The van der Waals surface area contributed by atoms with Crippen LogP contribution in [-0.4, -0.2) is 18.4 Å². The molecule has 0 bridgehead atoms. The molecule has 0 fully saturated rings. The molecule has 25 heavy (non-hydrogen) atoms. The summed E-state index contributed by atoms with van der Waals surface area (Å²) < 4.78 is 5.32. The molecule has 0 spiro atoms. The van der Waals surface area contributed by atoms with Gasteiger partial charge in [-0.2, -0.15) is 0 Å². The second kappa shape index (κ2) is 8.11. The summed E-state index contributed by atoms with van der Waals surface area (Å²) in [5, 5.41) is 0. The van der Waals surface area contributed by atoms with Gasteiger partial charge < -0.3 is 4.74 Å². The third-order valence-electron chi connectivity index (χ3n) is 4.68. The predicted octanol–water partition coefficient (Wildman–Crippen LogP) is 4.84. The van der Waals surface area contributed by atoms with Gasteiger partial charge in [0.2, 0.25) is 0 Å². The lowest BCUT2D eigenvalue weighted by Gasteiger charge is -2.20. The van der Waals surface area contributed by atoms with Crippen LogP contribution in [0.4, 0.5) is 0 Å². The fourth-order valence-corrected chi connectivity index (χ4v) is 3.13. The minimum Gasteiger partial charge on any atom is -0.465 e. The van der Waals surface area contributed by atoms with Crippen LogP contribution in [0, 0.1) is 27.7 Å². The molecule has 0 aliphatic carbocycles. The second-order valence-electron chi connectivity index (χ2n) is 6.51. The quantitative estimate of drug-likeness (QED) is 0.430. The molecule has 0 saturated carbocycles. The van der Waals surface area contributed by atoms with Crippen molar-refractivity contribution < 1.29 is 14.3 Å². The number of esters is 1. The van der Waals surface area contributed by atoms with Gasteiger partial charge in [-0.15, -0.1) is 0 Å². The van der Waals surface area contributed by atoms with Crippen molar-refractivity contribution in [2.75, 3.05) is 6.61 Å². The van der Waals surface area contributed by atoms with Crippen LogP contribution in [0.15, 0.2) is 36.4 Å². The average Bonchev–Trinajstić information content (AvgIpc) is 2.59.